The fourth-order valence-electron chi connectivity index (χ4n) is 4.24. The zero-order valence-corrected chi connectivity index (χ0v) is 20.5. The summed E-state index contributed by atoms with van der Waals surface area (Å²) in [4.78, 5) is 33.0. The first-order valence-electron chi connectivity index (χ1n) is 11.4. The molecule has 3 aromatic rings. The van der Waals surface area contributed by atoms with Crippen molar-refractivity contribution in [2.24, 2.45) is 0 Å². The Morgan fingerprint density at radius 2 is 1.94 bits per heavy atom. The number of benzene rings is 2. The molecule has 4 rings (SSSR count). The molecule has 0 spiro atoms. The Kier molecular flexibility index (Phi) is 7.81. The summed E-state index contributed by atoms with van der Waals surface area (Å²) in [6, 6.07) is 14.0. The number of nitrogens with one attached hydrogen (secondary N) is 4. The van der Waals surface area contributed by atoms with Crippen LogP contribution in [0.25, 0.3) is 10.9 Å². The summed E-state index contributed by atoms with van der Waals surface area (Å²) in [5.41, 5.74) is 3.17. The normalized spacial score (nSPS) is 16.9. The Balaban J connectivity index is 1.43. The third kappa shape index (κ3) is 6.25. The number of amides is 3. The molecule has 10 nitrogen and oxygen atoms in total. The Hall–Kier alpha value is -3.25. The van der Waals surface area contributed by atoms with E-state index in [9.17, 15) is 18.4 Å². The van der Waals surface area contributed by atoms with Crippen LogP contribution in [0.4, 0.5) is 16.2 Å². The number of hydrogen-bond donors (Lipinski definition) is 4. The van der Waals surface area contributed by atoms with E-state index in [1.54, 1.807) is 36.4 Å². The van der Waals surface area contributed by atoms with Crippen molar-refractivity contribution in [3.8, 4) is 0 Å². The van der Waals surface area contributed by atoms with E-state index >= 15 is 0 Å². The Bertz CT molecular complexity index is 1230. The number of aromatic nitrogens is 1. The number of urea groups is 1. The maximum Gasteiger partial charge on any atom is 0.323 e. The van der Waals surface area contributed by atoms with Crippen LogP contribution in [0.3, 0.4) is 0 Å². The fourth-order valence-corrected chi connectivity index (χ4v) is 4.53. The molecule has 2 heterocycles. The minimum Gasteiger partial charge on any atom is -0.760 e. The van der Waals surface area contributed by atoms with Crippen molar-refractivity contribution in [3.63, 3.8) is 0 Å². The topological polar surface area (TPSA) is 133 Å². The molecule has 0 aliphatic carbocycles. The van der Waals surface area contributed by atoms with E-state index in [2.05, 4.69) is 25.2 Å². The van der Waals surface area contributed by atoms with Crippen LogP contribution in [0.1, 0.15) is 28.9 Å². The Morgan fingerprint density at radius 1 is 1.17 bits per heavy atom. The molecule has 0 radical (unpaired) electrons. The predicted octanol–water partition coefficient (Wildman–Crippen LogP) is 2.86. The van der Waals surface area contributed by atoms with Crippen LogP contribution in [-0.4, -0.2) is 68.7 Å². The van der Waals surface area contributed by atoms with Crippen molar-refractivity contribution in [3.05, 3.63) is 59.8 Å². The summed E-state index contributed by atoms with van der Waals surface area (Å²) < 4.78 is 23.5. The van der Waals surface area contributed by atoms with E-state index < -0.39 is 17.3 Å². The SMILES string of the molecule is CN(C)C1CCCN(C(=O)c2cc3c(NC(=O)Nc4ccc(CNS(=O)[O-])cc4)cccc3[nH]2)C1. The summed E-state index contributed by atoms with van der Waals surface area (Å²) in [5.74, 6) is -0.0430. The quantitative estimate of drug-likeness (QED) is 0.373. The van der Waals surface area contributed by atoms with Crippen LogP contribution in [0, 0.1) is 0 Å². The second-order valence-electron chi connectivity index (χ2n) is 8.79. The first-order chi connectivity index (χ1) is 16.8. The molecule has 186 valence electrons. The maximum atomic E-state index is 13.2. The second kappa shape index (κ2) is 11.0. The highest BCUT2D eigenvalue weighted by Gasteiger charge is 2.26. The zero-order valence-electron chi connectivity index (χ0n) is 19.7. The average Bonchev–Trinajstić information content (AvgIpc) is 3.28. The van der Waals surface area contributed by atoms with Gasteiger partial charge in [-0.25, -0.2) is 9.52 Å². The number of H-pyrrole nitrogens is 1. The van der Waals surface area contributed by atoms with Crippen LogP contribution in [0.2, 0.25) is 0 Å². The van der Waals surface area contributed by atoms with Gasteiger partial charge in [0.2, 0.25) is 0 Å². The first kappa shape index (κ1) is 24.9. The van der Waals surface area contributed by atoms with E-state index in [1.165, 1.54) is 0 Å². The number of hydrogen-bond acceptors (Lipinski definition) is 5. The van der Waals surface area contributed by atoms with Crippen LogP contribution >= 0.6 is 0 Å². The van der Waals surface area contributed by atoms with Crippen LogP contribution in [0.15, 0.2) is 48.5 Å². The number of carbonyl (C=O) groups is 2. The monoisotopic (exact) mass is 497 g/mol. The summed E-state index contributed by atoms with van der Waals surface area (Å²) in [6.07, 6.45) is 2.05. The third-order valence-electron chi connectivity index (χ3n) is 6.16. The Morgan fingerprint density at radius 3 is 2.66 bits per heavy atom. The molecule has 0 saturated carbocycles. The molecule has 3 amide bonds. The van der Waals surface area contributed by atoms with Gasteiger partial charge >= 0.3 is 6.03 Å². The molecule has 2 unspecified atom stereocenters. The lowest BCUT2D eigenvalue weighted by Gasteiger charge is -2.35. The number of nitrogens with zero attached hydrogens (tertiary/aromatic N) is 2. The number of likely N-dealkylation sites (N-methyl/N-ethyl adjacent to an activating group) is 1. The first-order valence-corrected chi connectivity index (χ1v) is 12.4. The smallest absolute Gasteiger partial charge is 0.323 e. The average molecular weight is 498 g/mol. The number of aromatic amines is 1. The molecule has 11 heteroatoms. The molecule has 1 aliphatic rings. The van der Waals surface area contributed by atoms with Gasteiger partial charge in [0, 0.05) is 53.5 Å². The minimum absolute atomic E-state index is 0.0430. The second-order valence-corrected chi connectivity index (χ2v) is 9.55. The lowest BCUT2D eigenvalue weighted by atomic mass is 10.0. The standard InChI is InChI=1S/C24H30N6O4S/c1-29(2)18-5-4-12-30(15-18)23(31)22-13-19-20(27-22)6-3-7-21(19)28-24(32)26-17-10-8-16(9-11-17)14-25-35(33)34/h3,6-11,13,18,25,27H,4-5,12,14-15H2,1-2H3,(H,33,34)(H2,26,28,32)/p-1. The molecule has 35 heavy (non-hydrogen) atoms. The summed E-state index contributed by atoms with van der Waals surface area (Å²) in [7, 11) is 4.07. The van der Waals surface area contributed by atoms with Crippen molar-refractivity contribution in [1.82, 2.24) is 19.5 Å². The van der Waals surface area contributed by atoms with Crippen molar-refractivity contribution in [2.45, 2.75) is 25.4 Å². The van der Waals surface area contributed by atoms with Gasteiger partial charge in [0.15, 0.2) is 0 Å². The van der Waals surface area contributed by atoms with Crippen molar-refractivity contribution in [2.75, 3.05) is 37.8 Å². The summed E-state index contributed by atoms with van der Waals surface area (Å²) in [5, 5.41) is 6.36. The van der Waals surface area contributed by atoms with Gasteiger partial charge < -0.3 is 30.0 Å². The number of piperidine rings is 1. The molecule has 2 aromatic carbocycles. The molecule has 0 bridgehead atoms. The molecular weight excluding hydrogens is 468 g/mol. The summed E-state index contributed by atoms with van der Waals surface area (Å²) >= 11 is -2.33. The van der Waals surface area contributed by atoms with Gasteiger partial charge in [0.25, 0.3) is 5.91 Å². The van der Waals surface area contributed by atoms with Crippen LogP contribution < -0.4 is 15.4 Å². The highest BCUT2D eigenvalue weighted by molar-refractivity contribution is 7.77. The van der Waals surface area contributed by atoms with Gasteiger partial charge in [0.05, 0.1) is 5.69 Å². The van der Waals surface area contributed by atoms with Gasteiger partial charge in [0.1, 0.15) is 5.69 Å². The van der Waals surface area contributed by atoms with Crippen LogP contribution in [-0.2, 0) is 17.8 Å². The number of anilines is 2. The van der Waals surface area contributed by atoms with Crippen molar-refractivity contribution >= 4 is 45.5 Å². The zero-order chi connectivity index (χ0) is 24.9. The van der Waals surface area contributed by atoms with Gasteiger partial charge in [-0.15, -0.1) is 0 Å². The van der Waals surface area contributed by atoms with Crippen LogP contribution in [0.5, 0.6) is 0 Å². The number of rotatable bonds is 7. The highest BCUT2D eigenvalue weighted by atomic mass is 32.2. The molecule has 1 aliphatic heterocycles. The van der Waals surface area contributed by atoms with E-state index in [0.717, 1.165) is 35.9 Å². The third-order valence-corrected chi connectivity index (χ3v) is 6.54. The van der Waals surface area contributed by atoms with Gasteiger partial charge in [-0.1, -0.05) is 18.2 Å². The van der Waals surface area contributed by atoms with Gasteiger partial charge in [-0.3, -0.25) is 9.00 Å². The number of likely N-dealkylation sites (tertiary alicyclic amines) is 1. The molecule has 1 aromatic heterocycles. The van der Waals surface area contributed by atoms with E-state index in [-0.39, 0.29) is 12.5 Å². The maximum absolute atomic E-state index is 13.2. The van der Waals surface area contributed by atoms with Crippen molar-refractivity contribution in [1.29, 1.82) is 0 Å². The van der Waals surface area contributed by atoms with E-state index in [1.807, 2.05) is 31.1 Å². The lowest BCUT2D eigenvalue weighted by Crippen LogP contribution is -2.47. The fraction of sp³-hybridized carbons (Fsp3) is 0.333. The van der Waals surface area contributed by atoms with Gasteiger partial charge in [-0.05, 0) is 62.8 Å². The predicted molar refractivity (Wildman–Crippen MR) is 136 cm³/mol. The Labute approximate surface area is 206 Å². The molecule has 2 atom stereocenters. The minimum atomic E-state index is -2.33. The highest BCUT2D eigenvalue weighted by Crippen LogP contribution is 2.26. The molecule has 4 N–H and O–H groups in total. The van der Waals surface area contributed by atoms with E-state index in [0.29, 0.717) is 29.7 Å². The summed E-state index contributed by atoms with van der Waals surface area (Å²) in [6.45, 7) is 1.60. The molecule has 1 saturated heterocycles. The molecule has 1 fully saturated rings. The number of fused-ring (bicyclic) bond motifs is 1. The van der Waals surface area contributed by atoms with Gasteiger partial charge in [-0.2, -0.15) is 0 Å². The number of carbonyl (C=O) groups excluding carboxylic acids is 2. The largest absolute Gasteiger partial charge is 0.760 e. The lowest BCUT2D eigenvalue weighted by molar-refractivity contribution is 0.0630. The van der Waals surface area contributed by atoms with E-state index in [4.69, 9.17) is 0 Å². The van der Waals surface area contributed by atoms with Crippen molar-refractivity contribution < 1.29 is 18.4 Å². The molecular formula is C24H29N6O4S-.